The number of unbranched alkanes of at least 4 members (excludes halogenated alkanes) is 2. The van der Waals surface area contributed by atoms with Crippen LogP contribution in [0.3, 0.4) is 0 Å². The van der Waals surface area contributed by atoms with Gasteiger partial charge in [0.15, 0.2) is 5.06 Å². The Labute approximate surface area is 125 Å². The maximum atomic E-state index is 12.9. The molecule has 0 N–H and O–H groups in total. The van der Waals surface area contributed by atoms with Crippen molar-refractivity contribution in [2.75, 3.05) is 19.7 Å². The first-order valence-corrected chi connectivity index (χ1v) is 8.78. The average Bonchev–Trinajstić information content (AvgIpc) is 2.86. The Hall–Kier alpha value is -0.610. The Morgan fingerprint density at radius 1 is 1.40 bits per heavy atom. The fraction of sp³-hybridized carbons (Fsp3) is 0.750. The Kier molecular flexibility index (Phi) is 6.80. The summed E-state index contributed by atoms with van der Waals surface area (Å²) >= 11 is 1.34. The van der Waals surface area contributed by atoms with Crippen LogP contribution in [-0.4, -0.2) is 30.6 Å². The Morgan fingerprint density at radius 3 is 3.05 bits per heavy atom. The molecule has 0 saturated carbocycles. The van der Waals surface area contributed by atoms with Crippen LogP contribution in [0, 0.1) is 5.82 Å². The van der Waals surface area contributed by atoms with Gasteiger partial charge in [0.2, 0.25) is 0 Å². The van der Waals surface area contributed by atoms with E-state index in [1.165, 1.54) is 74.4 Å². The smallest absolute Gasteiger partial charge is 0.176 e. The molecule has 0 spiro atoms. The van der Waals surface area contributed by atoms with Crippen LogP contribution in [0.15, 0.2) is 11.4 Å². The predicted octanol–water partition coefficient (Wildman–Crippen LogP) is 4.70. The zero-order valence-corrected chi connectivity index (χ0v) is 13.3. The predicted molar refractivity (Wildman–Crippen MR) is 83.1 cm³/mol. The van der Waals surface area contributed by atoms with Gasteiger partial charge >= 0.3 is 0 Å². The van der Waals surface area contributed by atoms with Gasteiger partial charge in [-0.1, -0.05) is 26.2 Å². The lowest BCUT2D eigenvalue weighted by atomic mass is 9.99. The second-order valence-electron chi connectivity index (χ2n) is 5.61. The summed E-state index contributed by atoms with van der Waals surface area (Å²) in [4.78, 5) is 2.64. The molecule has 0 radical (unpaired) electrons. The summed E-state index contributed by atoms with van der Waals surface area (Å²) < 4.78 is 18.5. The molecular weight excluding hydrogens is 273 g/mol. The molecule has 0 bridgehead atoms. The van der Waals surface area contributed by atoms with Crippen molar-refractivity contribution in [1.29, 1.82) is 0 Å². The third-order valence-electron chi connectivity index (χ3n) is 4.04. The molecule has 2 rings (SSSR count). The molecule has 0 aromatic carbocycles. The van der Waals surface area contributed by atoms with Crippen LogP contribution < -0.4 is 4.74 Å². The van der Waals surface area contributed by atoms with E-state index in [9.17, 15) is 4.39 Å². The van der Waals surface area contributed by atoms with Crippen molar-refractivity contribution in [1.82, 2.24) is 4.90 Å². The normalized spacial score (nSPS) is 20.2. The monoisotopic (exact) mass is 299 g/mol. The molecule has 2 heterocycles. The van der Waals surface area contributed by atoms with Crippen LogP contribution in [0.5, 0.6) is 5.06 Å². The zero-order valence-electron chi connectivity index (χ0n) is 12.4. The molecule has 2 nitrogen and oxygen atoms in total. The highest BCUT2D eigenvalue weighted by atomic mass is 32.1. The van der Waals surface area contributed by atoms with E-state index in [4.69, 9.17) is 4.74 Å². The first-order chi connectivity index (χ1) is 9.79. The maximum absolute atomic E-state index is 12.9. The highest BCUT2D eigenvalue weighted by Gasteiger charge is 2.21. The third-order valence-corrected chi connectivity index (χ3v) is 4.85. The van der Waals surface area contributed by atoms with Crippen LogP contribution in [0.25, 0.3) is 0 Å². The van der Waals surface area contributed by atoms with E-state index in [2.05, 4.69) is 11.8 Å². The van der Waals surface area contributed by atoms with Crippen LogP contribution in [0.2, 0.25) is 0 Å². The fourth-order valence-corrected chi connectivity index (χ4v) is 3.54. The second kappa shape index (κ2) is 8.63. The minimum absolute atomic E-state index is 0.191. The molecule has 114 valence electrons. The van der Waals surface area contributed by atoms with Gasteiger partial charge in [-0.25, -0.2) is 4.39 Å². The molecule has 1 unspecified atom stereocenters. The largest absolute Gasteiger partial charge is 0.484 e. The number of halogens is 1. The summed E-state index contributed by atoms with van der Waals surface area (Å²) in [6, 6.07) is 2.13. The van der Waals surface area contributed by atoms with Crippen LogP contribution in [0.4, 0.5) is 4.39 Å². The summed E-state index contributed by atoms with van der Waals surface area (Å²) in [7, 11) is 0. The molecule has 1 aromatic heterocycles. The average molecular weight is 299 g/mol. The van der Waals surface area contributed by atoms with Gasteiger partial charge in [-0.3, -0.25) is 0 Å². The van der Waals surface area contributed by atoms with Crippen molar-refractivity contribution in [2.24, 2.45) is 0 Å². The van der Waals surface area contributed by atoms with E-state index < -0.39 is 0 Å². The Morgan fingerprint density at radius 2 is 2.30 bits per heavy atom. The molecular formula is C16H26FNOS. The molecule has 1 aliphatic heterocycles. The quantitative estimate of drug-likeness (QED) is 0.645. The summed E-state index contributed by atoms with van der Waals surface area (Å²) in [5, 5.41) is 2.20. The van der Waals surface area contributed by atoms with Crippen LogP contribution >= 0.6 is 11.3 Å². The van der Waals surface area contributed by atoms with Gasteiger partial charge in [0.05, 0.1) is 6.61 Å². The third kappa shape index (κ3) is 5.06. The second-order valence-corrected chi connectivity index (χ2v) is 6.49. The Balaban J connectivity index is 1.71. The van der Waals surface area contributed by atoms with Gasteiger partial charge in [0, 0.05) is 17.5 Å². The maximum Gasteiger partial charge on any atom is 0.176 e. The summed E-state index contributed by atoms with van der Waals surface area (Å²) in [5.74, 6) is -0.191. The molecule has 0 aliphatic carbocycles. The topological polar surface area (TPSA) is 12.5 Å². The summed E-state index contributed by atoms with van der Waals surface area (Å²) in [6.45, 7) is 5.42. The van der Waals surface area contributed by atoms with Gasteiger partial charge < -0.3 is 9.64 Å². The van der Waals surface area contributed by atoms with E-state index in [1.54, 1.807) is 0 Å². The molecule has 1 aliphatic rings. The van der Waals surface area contributed by atoms with E-state index in [1.807, 2.05) is 0 Å². The lowest BCUT2D eigenvalue weighted by molar-refractivity contribution is 0.122. The lowest BCUT2D eigenvalue weighted by Gasteiger charge is -2.35. The van der Waals surface area contributed by atoms with Gasteiger partial charge in [-0.05, 0) is 38.8 Å². The van der Waals surface area contributed by atoms with Gasteiger partial charge in [0.25, 0.3) is 0 Å². The summed E-state index contributed by atoms with van der Waals surface area (Å²) in [6.07, 6.45) is 8.94. The van der Waals surface area contributed by atoms with E-state index in [0.29, 0.717) is 17.7 Å². The SMILES string of the molecule is CCCCCN1CCCCC1CCOc1cc(F)cs1. The molecule has 1 atom stereocenters. The number of piperidine rings is 1. The van der Waals surface area contributed by atoms with Gasteiger partial charge in [0.1, 0.15) is 5.82 Å². The number of hydrogen-bond acceptors (Lipinski definition) is 3. The standard InChI is InChI=1S/C16H26FNOS/c1-2-3-5-9-18-10-6-4-7-15(18)8-11-19-16-12-14(17)13-20-16/h12-13,15H,2-11H2,1H3. The zero-order chi connectivity index (χ0) is 14.2. The number of rotatable bonds is 8. The minimum Gasteiger partial charge on any atom is -0.484 e. The van der Waals surface area contributed by atoms with Gasteiger partial charge in [-0.2, -0.15) is 0 Å². The van der Waals surface area contributed by atoms with Crippen molar-refractivity contribution in [3.05, 3.63) is 17.3 Å². The lowest BCUT2D eigenvalue weighted by Crippen LogP contribution is -2.40. The number of nitrogens with zero attached hydrogens (tertiary/aromatic N) is 1. The van der Waals surface area contributed by atoms with Crippen molar-refractivity contribution < 1.29 is 9.13 Å². The van der Waals surface area contributed by atoms with E-state index in [-0.39, 0.29) is 5.82 Å². The summed E-state index contributed by atoms with van der Waals surface area (Å²) in [5.41, 5.74) is 0. The molecule has 1 aromatic rings. The van der Waals surface area contributed by atoms with Crippen molar-refractivity contribution in [3.63, 3.8) is 0 Å². The molecule has 20 heavy (non-hydrogen) atoms. The number of ether oxygens (including phenoxy) is 1. The van der Waals surface area contributed by atoms with E-state index in [0.717, 1.165) is 6.42 Å². The highest BCUT2D eigenvalue weighted by molar-refractivity contribution is 7.11. The van der Waals surface area contributed by atoms with Gasteiger partial charge in [-0.15, -0.1) is 11.3 Å². The van der Waals surface area contributed by atoms with Crippen LogP contribution in [-0.2, 0) is 0 Å². The Bertz CT molecular complexity index is 382. The van der Waals surface area contributed by atoms with E-state index >= 15 is 0 Å². The van der Waals surface area contributed by atoms with Crippen molar-refractivity contribution >= 4 is 11.3 Å². The highest BCUT2D eigenvalue weighted by Crippen LogP contribution is 2.24. The van der Waals surface area contributed by atoms with Crippen molar-refractivity contribution in [3.8, 4) is 5.06 Å². The molecule has 1 saturated heterocycles. The minimum atomic E-state index is -0.191. The molecule has 1 fully saturated rings. The van der Waals surface area contributed by atoms with Crippen LogP contribution in [0.1, 0.15) is 51.9 Å². The first kappa shape index (κ1) is 15.8. The number of likely N-dealkylation sites (tertiary alicyclic amines) is 1. The number of thiophene rings is 1. The first-order valence-electron chi connectivity index (χ1n) is 7.90. The molecule has 0 amide bonds. The molecule has 4 heteroatoms. The number of hydrogen-bond donors (Lipinski definition) is 0. The fourth-order valence-electron chi connectivity index (χ4n) is 2.91. The van der Waals surface area contributed by atoms with Crippen molar-refractivity contribution in [2.45, 2.75) is 57.9 Å².